The van der Waals surface area contributed by atoms with Crippen molar-refractivity contribution in [3.05, 3.63) is 70.6 Å². The molecule has 0 amide bonds. The molecule has 2 aromatic carbocycles. The number of esters is 1. The summed E-state index contributed by atoms with van der Waals surface area (Å²) in [6.45, 7) is 8.12. The van der Waals surface area contributed by atoms with Crippen molar-refractivity contribution in [2.24, 2.45) is 0 Å². The monoisotopic (exact) mass is 455 g/mol. The Kier molecular flexibility index (Phi) is 9.23. The van der Waals surface area contributed by atoms with E-state index in [9.17, 15) is 4.79 Å². The van der Waals surface area contributed by atoms with Gasteiger partial charge in [0.15, 0.2) is 6.29 Å². The van der Waals surface area contributed by atoms with Crippen molar-refractivity contribution < 1.29 is 19.0 Å². The molecule has 0 saturated heterocycles. The Morgan fingerprint density at radius 2 is 1.75 bits per heavy atom. The highest BCUT2D eigenvalue weighted by Crippen LogP contribution is 2.28. The SMILES string of the molecule is CCOC(CC(c1ccc(C(=O)OC)cc1)C(C)NCc1ccc2sccc2c1)OCC. The van der Waals surface area contributed by atoms with Crippen molar-refractivity contribution in [3.63, 3.8) is 0 Å². The van der Waals surface area contributed by atoms with E-state index >= 15 is 0 Å². The Balaban J connectivity index is 1.76. The molecule has 3 aromatic rings. The maximum absolute atomic E-state index is 11.8. The number of hydrogen-bond acceptors (Lipinski definition) is 6. The van der Waals surface area contributed by atoms with Crippen LogP contribution in [0.25, 0.3) is 10.1 Å². The highest BCUT2D eigenvalue weighted by atomic mass is 32.1. The largest absolute Gasteiger partial charge is 0.465 e. The van der Waals surface area contributed by atoms with Gasteiger partial charge in [-0.25, -0.2) is 4.79 Å². The minimum atomic E-state index is -0.329. The Morgan fingerprint density at radius 3 is 2.41 bits per heavy atom. The lowest BCUT2D eigenvalue weighted by atomic mass is 9.88. The maximum Gasteiger partial charge on any atom is 0.337 e. The smallest absolute Gasteiger partial charge is 0.337 e. The van der Waals surface area contributed by atoms with E-state index in [2.05, 4.69) is 41.9 Å². The van der Waals surface area contributed by atoms with Gasteiger partial charge >= 0.3 is 5.97 Å². The molecule has 2 atom stereocenters. The molecule has 0 radical (unpaired) electrons. The lowest BCUT2D eigenvalue weighted by Gasteiger charge is -2.29. The summed E-state index contributed by atoms with van der Waals surface area (Å²) >= 11 is 1.76. The molecule has 0 aliphatic carbocycles. The van der Waals surface area contributed by atoms with Crippen LogP contribution in [-0.2, 0) is 20.8 Å². The average Bonchev–Trinajstić information content (AvgIpc) is 3.29. The van der Waals surface area contributed by atoms with Crippen LogP contribution >= 0.6 is 11.3 Å². The van der Waals surface area contributed by atoms with E-state index in [0.29, 0.717) is 18.8 Å². The van der Waals surface area contributed by atoms with Gasteiger partial charge in [0, 0.05) is 42.8 Å². The number of carbonyl (C=O) groups excluding carboxylic acids is 1. The zero-order chi connectivity index (χ0) is 22.9. The van der Waals surface area contributed by atoms with Crippen molar-refractivity contribution in [3.8, 4) is 0 Å². The predicted octanol–water partition coefficient (Wildman–Crippen LogP) is 5.74. The molecule has 1 aromatic heterocycles. The Morgan fingerprint density at radius 1 is 1.03 bits per heavy atom. The van der Waals surface area contributed by atoms with E-state index in [4.69, 9.17) is 14.2 Å². The molecule has 1 N–H and O–H groups in total. The van der Waals surface area contributed by atoms with Crippen LogP contribution in [0.4, 0.5) is 0 Å². The molecule has 0 fully saturated rings. The molecular formula is C26H33NO4S. The molecule has 32 heavy (non-hydrogen) atoms. The first kappa shape index (κ1) is 24.4. The van der Waals surface area contributed by atoms with Crippen LogP contribution < -0.4 is 5.32 Å². The first-order valence-electron chi connectivity index (χ1n) is 11.2. The number of benzene rings is 2. The minimum Gasteiger partial charge on any atom is -0.465 e. The number of nitrogens with one attached hydrogen (secondary N) is 1. The summed E-state index contributed by atoms with van der Waals surface area (Å²) < 4.78 is 17.8. The second kappa shape index (κ2) is 12.1. The van der Waals surface area contributed by atoms with E-state index in [-0.39, 0.29) is 24.2 Å². The second-order valence-corrected chi connectivity index (χ2v) is 8.71. The maximum atomic E-state index is 11.8. The van der Waals surface area contributed by atoms with Crippen LogP contribution in [0.15, 0.2) is 53.9 Å². The predicted molar refractivity (Wildman–Crippen MR) is 130 cm³/mol. The van der Waals surface area contributed by atoms with Crippen molar-refractivity contribution in [1.82, 2.24) is 5.32 Å². The van der Waals surface area contributed by atoms with Gasteiger partial charge in [-0.2, -0.15) is 0 Å². The topological polar surface area (TPSA) is 56.8 Å². The van der Waals surface area contributed by atoms with E-state index in [1.165, 1.54) is 22.8 Å². The molecule has 2 unspecified atom stereocenters. The summed E-state index contributed by atoms with van der Waals surface area (Å²) in [4.78, 5) is 11.8. The van der Waals surface area contributed by atoms with Gasteiger partial charge < -0.3 is 19.5 Å². The molecule has 0 aliphatic heterocycles. The summed E-state index contributed by atoms with van der Waals surface area (Å²) in [5, 5.41) is 7.10. The lowest BCUT2D eigenvalue weighted by molar-refractivity contribution is -0.143. The van der Waals surface area contributed by atoms with Crippen molar-refractivity contribution in [2.45, 2.75) is 52.0 Å². The number of hydrogen-bond donors (Lipinski definition) is 1. The zero-order valence-electron chi connectivity index (χ0n) is 19.3. The van der Waals surface area contributed by atoms with Gasteiger partial charge in [0.1, 0.15) is 0 Å². The highest BCUT2D eigenvalue weighted by molar-refractivity contribution is 7.17. The molecule has 0 spiro atoms. The molecule has 0 bridgehead atoms. The summed E-state index contributed by atoms with van der Waals surface area (Å²) in [5.41, 5.74) is 2.94. The van der Waals surface area contributed by atoms with Crippen LogP contribution in [0.1, 0.15) is 54.6 Å². The molecule has 1 heterocycles. The molecule has 5 nitrogen and oxygen atoms in total. The molecule has 0 saturated carbocycles. The third kappa shape index (κ3) is 6.39. The van der Waals surface area contributed by atoms with Crippen LogP contribution in [0.2, 0.25) is 0 Å². The third-order valence-corrected chi connectivity index (χ3v) is 6.56. The normalized spacial score (nSPS) is 13.4. The zero-order valence-corrected chi connectivity index (χ0v) is 20.1. The summed E-state index contributed by atoms with van der Waals surface area (Å²) in [7, 11) is 1.40. The Bertz CT molecular complexity index is 979. The van der Waals surface area contributed by atoms with E-state index in [1.807, 2.05) is 38.1 Å². The molecule has 6 heteroatoms. The Labute approximate surface area is 194 Å². The lowest BCUT2D eigenvalue weighted by Crippen LogP contribution is -2.35. The number of rotatable bonds is 12. The number of carbonyl (C=O) groups is 1. The Hall–Kier alpha value is -2.25. The van der Waals surface area contributed by atoms with E-state index in [0.717, 1.165) is 18.5 Å². The number of thiophene rings is 1. The second-order valence-electron chi connectivity index (χ2n) is 7.76. The molecule has 0 aliphatic rings. The van der Waals surface area contributed by atoms with E-state index in [1.54, 1.807) is 11.3 Å². The number of fused-ring (bicyclic) bond motifs is 1. The van der Waals surface area contributed by atoms with Crippen LogP contribution in [0, 0.1) is 0 Å². The molecular weight excluding hydrogens is 422 g/mol. The van der Waals surface area contributed by atoms with Crippen molar-refractivity contribution in [2.75, 3.05) is 20.3 Å². The van der Waals surface area contributed by atoms with Crippen molar-refractivity contribution in [1.29, 1.82) is 0 Å². The quantitative estimate of drug-likeness (QED) is 0.279. The molecule has 172 valence electrons. The van der Waals surface area contributed by atoms with Crippen LogP contribution in [-0.4, -0.2) is 38.6 Å². The highest BCUT2D eigenvalue weighted by Gasteiger charge is 2.24. The first-order chi connectivity index (χ1) is 15.5. The van der Waals surface area contributed by atoms with E-state index < -0.39 is 0 Å². The van der Waals surface area contributed by atoms with Gasteiger partial charge in [0.2, 0.25) is 0 Å². The number of ether oxygens (including phenoxy) is 3. The van der Waals surface area contributed by atoms with Gasteiger partial charge in [-0.3, -0.25) is 0 Å². The van der Waals surface area contributed by atoms with Crippen LogP contribution in [0.3, 0.4) is 0 Å². The average molecular weight is 456 g/mol. The van der Waals surface area contributed by atoms with Gasteiger partial charge in [0.25, 0.3) is 0 Å². The fraction of sp³-hybridized carbons (Fsp3) is 0.423. The number of methoxy groups -OCH3 is 1. The first-order valence-corrected chi connectivity index (χ1v) is 12.0. The standard InChI is InChI=1S/C26H33NO4S/c1-5-30-25(31-6-2)16-23(20-8-10-21(11-9-20)26(28)29-4)18(3)27-17-19-7-12-24-22(15-19)13-14-32-24/h7-15,18,23,25,27H,5-6,16-17H2,1-4H3. The fourth-order valence-corrected chi connectivity index (χ4v) is 4.69. The van der Waals surface area contributed by atoms with Gasteiger partial charge in [0.05, 0.1) is 12.7 Å². The van der Waals surface area contributed by atoms with Gasteiger partial charge in [-0.1, -0.05) is 18.2 Å². The van der Waals surface area contributed by atoms with Gasteiger partial charge in [-0.15, -0.1) is 11.3 Å². The summed E-state index contributed by atoms with van der Waals surface area (Å²) in [6, 6.07) is 16.6. The molecule has 3 rings (SSSR count). The van der Waals surface area contributed by atoms with Crippen LogP contribution in [0.5, 0.6) is 0 Å². The van der Waals surface area contributed by atoms with Crippen molar-refractivity contribution >= 4 is 27.4 Å². The van der Waals surface area contributed by atoms with Gasteiger partial charge in [-0.05, 0) is 73.0 Å². The minimum absolute atomic E-state index is 0.148. The fourth-order valence-electron chi connectivity index (χ4n) is 3.92. The summed E-state index contributed by atoms with van der Waals surface area (Å²) in [5.74, 6) is -0.181. The summed E-state index contributed by atoms with van der Waals surface area (Å²) in [6.07, 6.45) is 0.443. The third-order valence-electron chi connectivity index (χ3n) is 5.66.